The molecular formula is C12H11N3O2S2. The Morgan fingerprint density at radius 2 is 2.26 bits per heavy atom. The molecule has 7 heteroatoms. The number of aryl methyl sites for hydroxylation is 1. The van der Waals surface area contributed by atoms with Gasteiger partial charge in [-0.2, -0.15) is 5.26 Å². The molecule has 0 unspecified atom stereocenters. The van der Waals surface area contributed by atoms with E-state index in [1.165, 1.54) is 23.5 Å². The highest BCUT2D eigenvalue weighted by molar-refractivity contribution is 7.89. The number of sulfonamides is 1. The van der Waals surface area contributed by atoms with E-state index >= 15 is 0 Å². The van der Waals surface area contributed by atoms with E-state index in [9.17, 15) is 8.42 Å². The van der Waals surface area contributed by atoms with Gasteiger partial charge in [0.2, 0.25) is 10.0 Å². The lowest BCUT2D eigenvalue weighted by molar-refractivity contribution is 0.581. The SMILES string of the molecule is Cc1ncc(CNS(=O)(=O)c2cccc(C#N)c2)s1. The molecule has 0 amide bonds. The summed E-state index contributed by atoms with van der Waals surface area (Å²) in [6, 6.07) is 7.83. The molecule has 0 atom stereocenters. The van der Waals surface area contributed by atoms with Crippen molar-refractivity contribution in [2.45, 2.75) is 18.4 Å². The average molecular weight is 293 g/mol. The van der Waals surface area contributed by atoms with Gasteiger partial charge >= 0.3 is 0 Å². The van der Waals surface area contributed by atoms with Gasteiger partial charge in [-0.05, 0) is 25.1 Å². The van der Waals surface area contributed by atoms with Crippen LogP contribution >= 0.6 is 11.3 Å². The maximum absolute atomic E-state index is 12.0. The summed E-state index contributed by atoms with van der Waals surface area (Å²) in [5, 5.41) is 9.66. The van der Waals surface area contributed by atoms with E-state index in [0.717, 1.165) is 9.88 Å². The minimum Gasteiger partial charge on any atom is -0.250 e. The molecule has 0 fully saturated rings. The second-order valence-corrected chi connectivity index (χ2v) is 6.90. The van der Waals surface area contributed by atoms with Gasteiger partial charge in [-0.15, -0.1) is 11.3 Å². The summed E-state index contributed by atoms with van der Waals surface area (Å²) in [5.41, 5.74) is 0.316. The molecule has 0 saturated carbocycles. The highest BCUT2D eigenvalue weighted by atomic mass is 32.2. The maximum Gasteiger partial charge on any atom is 0.240 e. The fourth-order valence-corrected chi connectivity index (χ4v) is 3.35. The zero-order valence-corrected chi connectivity index (χ0v) is 11.8. The van der Waals surface area contributed by atoms with Gasteiger partial charge in [-0.25, -0.2) is 18.1 Å². The van der Waals surface area contributed by atoms with Gasteiger partial charge in [0, 0.05) is 17.6 Å². The first-order valence-electron chi connectivity index (χ1n) is 5.42. The summed E-state index contributed by atoms with van der Waals surface area (Å²) in [6.45, 7) is 2.06. The first kappa shape index (κ1) is 13.7. The molecule has 5 nitrogen and oxygen atoms in total. The number of hydrogen-bond acceptors (Lipinski definition) is 5. The summed E-state index contributed by atoms with van der Waals surface area (Å²) in [7, 11) is -3.60. The highest BCUT2D eigenvalue weighted by Crippen LogP contribution is 2.14. The summed E-state index contributed by atoms with van der Waals surface area (Å²) >= 11 is 1.44. The Labute approximate surface area is 115 Å². The monoisotopic (exact) mass is 293 g/mol. The topological polar surface area (TPSA) is 82.8 Å². The van der Waals surface area contributed by atoms with Crippen LogP contribution in [0.3, 0.4) is 0 Å². The van der Waals surface area contributed by atoms with E-state index in [2.05, 4.69) is 9.71 Å². The van der Waals surface area contributed by atoms with Gasteiger partial charge < -0.3 is 0 Å². The fraction of sp³-hybridized carbons (Fsp3) is 0.167. The van der Waals surface area contributed by atoms with Crippen molar-refractivity contribution >= 4 is 21.4 Å². The van der Waals surface area contributed by atoms with E-state index in [1.54, 1.807) is 18.3 Å². The van der Waals surface area contributed by atoms with E-state index in [-0.39, 0.29) is 11.4 Å². The van der Waals surface area contributed by atoms with Gasteiger partial charge in [-0.3, -0.25) is 0 Å². The molecule has 0 aliphatic heterocycles. The number of thiazole rings is 1. The Bertz CT molecular complexity index is 729. The van der Waals surface area contributed by atoms with E-state index in [0.29, 0.717) is 5.56 Å². The lowest BCUT2D eigenvalue weighted by Crippen LogP contribution is -2.22. The number of nitriles is 1. The van der Waals surface area contributed by atoms with Crippen molar-refractivity contribution in [2.75, 3.05) is 0 Å². The third kappa shape index (κ3) is 3.38. The normalized spacial score (nSPS) is 11.2. The molecule has 98 valence electrons. The van der Waals surface area contributed by atoms with Crippen molar-refractivity contribution in [3.8, 4) is 6.07 Å². The average Bonchev–Trinajstić information content (AvgIpc) is 2.82. The molecule has 0 spiro atoms. The molecule has 19 heavy (non-hydrogen) atoms. The number of nitrogens with one attached hydrogen (secondary N) is 1. The molecule has 1 aromatic heterocycles. The zero-order valence-electron chi connectivity index (χ0n) is 10.1. The van der Waals surface area contributed by atoms with E-state index < -0.39 is 10.0 Å². The van der Waals surface area contributed by atoms with Crippen molar-refractivity contribution in [1.82, 2.24) is 9.71 Å². The Hall–Kier alpha value is -1.75. The van der Waals surface area contributed by atoms with Crippen molar-refractivity contribution in [3.63, 3.8) is 0 Å². The molecule has 0 aliphatic rings. The molecular weight excluding hydrogens is 282 g/mol. The van der Waals surface area contributed by atoms with Crippen LogP contribution in [0.25, 0.3) is 0 Å². The summed E-state index contributed by atoms with van der Waals surface area (Å²) in [6.07, 6.45) is 1.65. The van der Waals surface area contributed by atoms with Crippen LogP contribution in [0.4, 0.5) is 0 Å². The highest BCUT2D eigenvalue weighted by Gasteiger charge is 2.14. The molecule has 2 aromatic rings. The third-order valence-corrected chi connectivity index (χ3v) is 4.69. The minimum absolute atomic E-state index is 0.0905. The van der Waals surface area contributed by atoms with E-state index in [4.69, 9.17) is 5.26 Å². The van der Waals surface area contributed by atoms with Crippen molar-refractivity contribution in [3.05, 3.63) is 45.9 Å². The van der Waals surface area contributed by atoms with Crippen LogP contribution in [0.5, 0.6) is 0 Å². The minimum atomic E-state index is -3.60. The van der Waals surface area contributed by atoms with Gasteiger partial charge in [-0.1, -0.05) is 6.07 Å². The summed E-state index contributed by atoms with van der Waals surface area (Å²) in [5.74, 6) is 0. The number of hydrogen-bond donors (Lipinski definition) is 1. The molecule has 0 bridgehead atoms. The van der Waals surface area contributed by atoms with Crippen LogP contribution in [-0.4, -0.2) is 13.4 Å². The fourth-order valence-electron chi connectivity index (χ4n) is 1.47. The van der Waals surface area contributed by atoms with Crippen LogP contribution in [0.2, 0.25) is 0 Å². The van der Waals surface area contributed by atoms with E-state index in [1.807, 2.05) is 13.0 Å². The standard InChI is InChI=1S/C12H11N3O2S2/c1-9-14-7-11(18-9)8-15-19(16,17)12-4-2-3-10(5-12)6-13/h2-5,7,15H,8H2,1H3. The largest absolute Gasteiger partial charge is 0.250 e. The third-order valence-electron chi connectivity index (χ3n) is 2.38. The number of rotatable bonds is 4. The van der Waals surface area contributed by atoms with Crippen LogP contribution in [-0.2, 0) is 16.6 Å². The van der Waals surface area contributed by atoms with Gasteiger partial charge in [0.15, 0.2) is 0 Å². The Morgan fingerprint density at radius 3 is 2.89 bits per heavy atom. The zero-order chi connectivity index (χ0) is 13.9. The Morgan fingerprint density at radius 1 is 1.47 bits per heavy atom. The second kappa shape index (κ2) is 5.48. The predicted molar refractivity (Wildman–Crippen MR) is 72.0 cm³/mol. The smallest absolute Gasteiger partial charge is 0.240 e. The predicted octanol–water partition coefficient (Wildman–Crippen LogP) is 1.80. The number of nitrogens with zero attached hydrogens (tertiary/aromatic N) is 2. The lowest BCUT2D eigenvalue weighted by atomic mass is 10.2. The van der Waals surface area contributed by atoms with Gasteiger partial charge in [0.1, 0.15) is 0 Å². The van der Waals surface area contributed by atoms with Crippen LogP contribution in [0.1, 0.15) is 15.4 Å². The van der Waals surface area contributed by atoms with Crippen LogP contribution in [0, 0.1) is 18.3 Å². The van der Waals surface area contributed by atoms with Crippen molar-refractivity contribution in [1.29, 1.82) is 5.26 Å². The number of benzene rings is 1. The van der Waals surface area contributed by atoms with Gasteiger partial charge in [0.25, 0.3) is 0 Å². The Kier molecular flexibility index (Phi) is 3.95. The summed E-state index contributed by atoms with van der Waals surface area (Å²) in [4.78, 5) is 4.99. The van der Waals surface area contributed by atoms with Crippen LogP contribution in [0.15, 0.2) is 35.4 Å². The molecule has 1 heterocycles. The molecule has 0 aliphatic carbocycles. The van der Waals surface area contributed by atoms with Crippen molar-refractivity contribution in [2.24, 2.45) is 0 Å². The maximum atomic E-state index is 12.0. The lowest BCUT2D eigenvalue weighted by Gasteiger charge is -2.05. The first-order chi connectivity index (χ1) is 9.01. The molecule has 2 rings (SSSR count). The summed E-state index contributed by atoms with van der Waals surface area (Å²) < 4.78 is 26.6. The Balaban J connectivity index is 2.16. The van der Waals surface area contributed by atoms with Crippen molar-refractivity contribution < 1.29 is 8.42 Å². The molecule has 1 N–H and O–H groups in total. The van der Waals surface area contributed by atoms with Crippen LogP contribution < -0.4 is 4.72 Å². The quantitative estimate of drug-likeness (QED) is 0.931. The molecule has 0 radical (unpaired) electrons. The number of aromatic nitrogens is 1. The van der Waals surface area contributed by atoms with Gasteiger partial charge in [0.05, 0.1) is 21.5 Å². The first-order valence-corrected chi connectivity index (χ1v) is 7.72. The second-order valence-electron chi connectivity index (χ2n) is 3.81. The molecule has 1 aromatic carbocycles. The molecule has 0 saturated heterocycles.